The number of rotatable bonds is 4. The molecule has 1 saturated carbocycles. The number of H-pyrrole nitrogens is 1. The quantitative estimate of drug-likeness (QED) is 0.814. The van der Waals surface area contributed by atoms with Crippen LogP contribution in [0.15, 0.2) is 28.9 Å². The lowest BCUT2D eigenvalue weighted by molar-refractivity contribution is 0.0925. The van der Waals surface area contributed by atoms with Gasteiger partial charge in [0.25, 0.3) is 5.91 Å². The molecule has 2 aromatic rings. The van der Waals surface area contributed by atoms with E-state index in [9.17, 15) is 4.79 Å². The fourth-order valence-corrected chi connectivity index (χ4v) is 4.57. The van der Waals surface area contributed by atoms with Crippen molar-refractivity contribution in [2.75, 3.05) is 12.0 Å². The zero-order chi connectivity index (χ0) is 15.5. The molecule has 0 aliphatic heterocycles. The second-order valence-corrected chi connectivity index (χ2v) is 7.87. The van der Waals surface area contributed by atoms with Gasteiger partial charge in [0.05, 0.1) is 11.1 Å². The molecule has 1 aliphatic carbocycles. The second-order valence-electron chi connectivity index (χ2n) is 6.04. The number of benzene rings is 1. The van der Waals surface area contributed by atoms with Gasteiger partial charge in [-0.2, -0.15) is 11.8 Å². The van der Waals surface area contributed by atoms with Gasteiger partial charge in [-0.05, 0) is 61.8 Å². The first-order valence-electron chi connectivity index (χ1n) is 7.74. The average molecular weight is 381 g/mol. The van der Waals surface area contributed by atoms with E-state index in [4.69, 9.17) is 0 Å². The van der Waals surface area contributed by atoms with Crippen LogP contribution in [0.1, 0.15) is 36.0 Å². The summed E-state index contributed by atoms with van der Waals surface area (Å²) < 4.78 is 0.938. The fraction of sp³-hybridized carbons (Fsp3) is 0.471. The van der Waals surface area contributed by atoms with E-state index in [2.05, 4.69) is 32.5 Å². The van der Waals surface area contributed by atoms with E-state index in [-0.39, 0.29) is 5.91 Å². The molecule has 0 unspecified atom stereocenters. The second kappa shape index (κ2) is 7.09. The Hall–Kier alpha value is -0.940. The summed E-state index contributed by atoms with van der Waals surface area (Å²) in [4.78, 5) is 15.8. The molecule has 3 rings (SSSR count). The maximum absolute atomic E-state index is 12.6. The Kier molecular flexibility index (Phi) is 5.14. The minimum atomic E-state index is 0.0297. The van der Waals surface area contributed by atoms with Gasteiger partial charge >= 0.3 is 0 Å². The van der Waals surface area contributed by atoms with Gasteiger partial charge in [0.2, 0.25) is 0 Å². The van der Waals surface area contributed by atoms with Crippen LogP contribution in [0.25, 0.3) is 10.9 Å². The van der Waals surface area contributed by atoms with Crippen LogP contribution in [0.3, 0.4) is 0 Å². The Labute approximate surface area is 143 Å². The molecule has 0 atom stereocenters. The molecule has 0 bridgehead atoms. The molecule has 3 nitrogen and oxygen atoms in total. The van der Waals surface area contributed by atoms with Crippen LogP contribution in [-0.4, -0.2) is 28.9 Å². The average Bonchev–Trinajstić information content (AvgIpc) is 2.96. The molecule has 1 aromatic heterocycles. The highest BCUT2D eigenvalue weighted by atomic mass is 79.9. The molecular weight excluding hydrogens is 360 g/mol. The summed E-state index contributed by atoms with van der Waals surface area (Å²) >= 11 is 5.42. The summed E-state index contributed by atoms with van der Waals surface area (Å²) in [6.07, 6.45) is 8.69. The third-order valence-electron chi connectivity index (χ3n) is 4.45. The number of carbonyl (C=O) groups excluding carboxylic acids is 1. The summed E-state index contributed by atoms with van der Waals surface area (Å²) in [6, 6.07) is 6.23. The van der Waals surface area contributed by atoms with Gasteiger partial charge < -0.3 is 10.3 Å². The SMILES string of the molecule is CSCC1CCC(NC(=O)c2cc(Br)cc3cc[nH]c23)CC1. The zero-order valence-electron chi connectivity index (χ0n) is 12.7. The number of nitrogens with one attached hydrogen (secondary N) is 2. The third kappa shape index (κ3) is 3.51. The standard InChI is InChI=1S/C17H21BrN2OS/c1-22-10-11-2-4-14(5-3-11)20-17(21)15-9-13(18)8-12-6-7-19-16(12)15/h6-9,11,14,19H,2-5,10H2,1H3,(H,20,21). The van der Waals surface area contributed by atoms with E-state index in [1.165, 1.54) is 18.6 Å². The number of hydrogen-bond donors (Lipinski definition) is 2. The normalized spacial score (nSPS) is 21.9. The number of amides is 1. The highest BCUT2D eigenvalue weighted by Gasteiger charge is 2.23. The van der Waals surface area contributed by atoms with Crippen LogP contribution < -0.4 is 5.32 Å². The largest absolute Gasteiger partial charge is 0.361 e. The van der Waals surface area contributed by atoms with Gasteiger partial charge in [0.1, 0.15) is 0 Å². The number of hydrogen-bond acceptors (Lipinski definition) is 2. The molecule has 1 amide bonds. The van der Waals surface area contributed by atoms with E-state index in [1.807, 2.05) is 36.2 Å². The Balaban J connectivity index is 1.68. The van der Waals surface area contributed by atoms with Gasteiger partial charge in [-0.15, -0.1) is 0 Å². The third-order valence-corrected chi connectivity index (χ3v) is 5.72. The highest BCUT2D eigenvalue weighted by molar-refractivity contribution is 9.10. The fourth-order valence-electron chi connectivity index (χ4n) is 3.29. The first-order valence-corrected chi connectivity index (χ1v) is 9.92. The molecule has 22 heavy (non-hydrogen) atoms. The van der Waals surface area contributed by atoms with Crippen molar-refractivity contribution in [2.24, 2.45) is 5.92 Å². The summed E-state index contributed by atoms with van der Waals surface area (Å²) in [7, 11) is 0. The lowest BCUT2D eigenvalue weighted by atomic mass is 9.87. The summed E-state index contributed by atoms with van der Waals surface area (Å²) in [5, 5.41) is 4.28. The Morgan fingerprint density at radius 3 is 2.86 bits per heavy atom. The highest BCUT2D eigenvalue weighted by Crippen LogP contribution is 2.28. The number of halogens is 1. The van der Waals surface area contributed by atoms with Gasteiger partial charge in [-0.25, -0.2) is 0 Å². The summed E-state index contributed by atoms with van der Waals surface area (Å²) in [5.41, 5.74) is 1.64. The number of fused-ring (bicyclic) bond motifs is 1. The Bertz CT molecular complexity index is 662. The van der Waals surface area contributed by atoms with Crippen molar-refractivity contribution >= 4 is 44.5 Å². The molecule has 0 saturated heterocycles. The predicted molar refractivity (Wildman–Crippen MR) is 97.6 cm³/mol. The summed E-state index contributed by atoms with van der Waals surface area (Å²) in [6.45, 7) is 0. The van der Waals surface area contributed by atoms with Crippen LogP contribution in [0.5, 0.6) is 0 Å². The smallest absolute Gasteiger partial charge is 0.253 e. The van der Waals surface area contributed by atoms with E-state index < -0.39 is 0 Å². The Morgan fingerprint density at radius 1 is 1.36 bits per heavy atom. The van der Waals surface area contributed by atoms with Crippen molar-refractivity contribution in [3.8, 4) is 0 Å². The van der Waals surface area contributed by atoms with Crippen molar-refractivity contribution in [2.45, 2.75) is 31.7 Å². The maximum Gasteiger partial charge on any atom is 0.253 e. The van der Waals surface area contributed by atoms with Gasteiger partial charge in [-0.3, -0.25) is 4.79 Å². The molecule has 0 spiro atoms. The van der Waals surface area contributed by atoms with Gasteiger partial charge in [0.15, 0.2) is 0 Å². The van der Waals surface area contributed by atoms with Crippen LogP contribution >= 0.6 is 27.7 Å². The van der Waals surface area contributed by atoms with E-state index in [0.29, 0.717) is 6.04 Å². The lowest BCUT2D eigenvalue weighted by Crippen LogP contribution is -2.38. The van der Waals surface area contributed by atoms with Crippen LogP contribution in [-0.2, 0) is 0 Å². The van der Waals surface area contributed by atoms with Crippen LogP contribution in [0.2, 0.25) is 0 Å². The minimum Gasteiger partial charge on any atom is -0.361 e. The van der Waals surface area contributed by atoms with Crippen molar-refractivity contribution in [3.63, 3.8) is 0 Å². The molecule has 5 heteroatoms. The molecular formula is C17H21BrN2OS. The molecule has 2 N–H and O–H groups in total. The van der Waals surface area contributed by atoms with Crippen LogP contribution in [0.4, 0.5) is 0 Å². The molecule has 1 heterocycles. The van der Waals surface area contributed by atoms with E-state index in [1.54, 1.807) is 0 Å². The van der Waals surface area contributed by atoms with Crippen molar-refractivity contribution in [3.05, 3.63) is 34.4 Å². The molecule has 118 valence electrons. The zero-order valence-corrected chi connectivity index (χ0v) is 15.1. The first kappa shape index (κ1) is 15.9. The molecule has 1 aliphatic rings. The molecule has 1 aromatic carbocycles. The summed E-state index contributed by atoms with van der Waals surface area (Å²) in [5.74, 6) is 2.10. The van der Waals surface area contributed by atoms with E-state index >= 15 is 0 Å². The number of aromatic amines is 1. The van der Waals surface area contributed by atoms with Gasteiger partial charge in [0, 0.05) is 22.1 Å². The predicted octanol–water partition coefficient (Wildman–Crippen LogP) is 4.58. The monoisotopic (exact) mass is 380 g/mol. The first-order chi connectivity index (χ1) is 10.7. The number of carbonyl (C=O) groups is 1. The number of aromatic nitrogens is 1. The van der Waals surface area contributed by atoms with Crippen molar-refractivity contribution < 1.29 is 4.79 Å². The maximum atomic E-state index is 12.6. The van der Waals surface area contributed by atoms with Crippen LogP contribution in [0, 0.1) is 5.92 Å². The topological polar surface area (TPSA) is 44.9 Å². The molecule has 1 fully saturated rings. The minimum absolute atomic E-state index is 0.0297. The van der Waals surface area contributed by atoms with Crippen molar-refractivity contribution in [1.82, 2.24) is 10.3 Å². The lowest BCUT2D eigenvalue weighted by Gasteiger charge is -2.28. The molecule has 0 radical (unpaired) electrons. The van der Waals surface area contributed by atoms with Gasteiger partial charge in [-0.1, -0.05) is 15.9 Å². The number of thioether (sulfide) groups is 1. The Morgan fingerprint density at radius 2 is 2.14 bits per heavy atom. The van der Waals surface area contributed by atoms with Crippen molar-refractivity contribution in [1.29, 1.82) is 0 Å². The van der Waals surface area contributed by atoms with E-state index in [0.717, 1.165) is 39.7 Å².